The Balaban J connectivity index is 1.66. The standard InChI is InChI=1S/C18H27FN4OS/c1-2-3-8-20-17(24)14-22-9-11-23(12-10-22)18(25)21-13-15-4-6-16(19)7-5-15/h4-7H,2-3,8-14H2,1H3,(H,20,24)(H,21,25). The summed E-state index contributed by atoms with van der Waals surface area (Å²) in [5.41, 5.74) is 0.992. The number of rotatable bonds is 7. The second kappa shape index (κ2) is 10.3. The minimum atomic E-state index is -0.235. The molecule has 0 bridgehead atoms. The molecule has 1 aliphatic heterocycles. The fourth-order valence-corrected chi connectivity index (χ4v) is 2.92. The van der Waals surface area contributed by atoms with Crippen LogP contribution in [0, 0.1) is 5.82 Å². The van der Waals surface area contributed by atoms with Gasteiger partial charge in [0, 0.05) is 39.3 Å². The Labute approximate surface area is 154 Å². The van der Waals surface area contributed by atoms with Gasteiger partial charge in [0.25, 0.3) is 0 Å². The number of unbranched alkanes of at least 4 members (excludes halogenated alkanes) is 1. The number of amides is 1. The molecule has 5 nitrogen and oxygen atoms in total. The molecule has 1 aromatic carbocycles. The van der Waals surface area contributed by atoms with Crippen molar-refractivity contribution in [2.45, 2.75) is 26.3 Å². The van der Waals surface area contributed by atoms with Crippen LogP contribution in [-0.2, 0) is 11.3 Å². The van der Waals surface area contributed by atoms with E-state index in [1.165, 1.54) is 12.1 Å². The predicted octanol–water partition coefficient (Wildman–Crippen LogP) is 1.73. The highest BCUT2D eigenvalue weighted by atomic mass is 32.1. The van der Waals surface area contributed by atoms with Crippen molar-refractivity contribution in [2.75, 3.05) is 39.3 Å². The van der Waals surface area contributed by atoms with Crippen molar-refractivity contribution < 1.29 is 9.18 Å². The van der Waals surface area contributed by atoms with E-state index in [1.54, 1.807) is 12.1 Å². The molecular formula is C18H27FN4OS. The van der Waals surface area contributed by atoms with Crippen LogP contribution >= 0.6 is 12.2 Å². The third kappa shape index (κ3) is 6.96. The van der Waals surface area contributed by atoms with E-state index >= 15 is 0 Å². The van der Waals surface area contributed by atoms with Crippen LogP contribution in [0.4, 0.5) is 4.39 Å². The molecule has 0 radical (unpaired) electrons. The Morgan fingerprint density at radius 2 is 1.84 bits per heavy atom. The number of hydrogen-bond donors (Lipinski definition) is 2. The van der Waals surface area contributed by atoms with Gasteiger partial charge >= 0.3 is 0 Å². The molecule has 0 spiro atoms. The maximum atomic E-state index is 12.9. The zero-order chi connectivity index (χ0) is 18.1. The molecule has 1 saturated heterocycles. The molecule has 2 N–H and O–H groups in total. The number of nitrogens with one attached hydrogen (secondary N) is 2. The van der Waals surface area contributed by atoms with Gasteiger partial charge in [-0.05, 0) is 36.3 Å². The summed E-state index contributed by atoms with van der Waals surface area (Å²) in [6, 6.07) is 6.40. The third-order valence-electron chi connectivity index (χ3n) is 4.24. The summed E-state index contributed by atoms with van der Waals surface area (Å²) in [6.07, 6.45) is 2.11. The van der Waals surface area contributed by atoms with Crippen molar-refractivity contribution in [1.82, 2.24) is 20.4 Å². The Bertz CT molecular complexity index is 559. The van der Waals surface area contributed by atoms with Gasteiger partial charge in [-0.1, -0.05) is 25.5 Å². The van der Waals surface area contributed by atoms with Gasteiger partial charge in [0.05, 0.1) is 6.54 Å². The van der Waals surface area contributed by atoms with Gasteiger partial charge < -0.3 is 15.5 Å². The lowest BCUT2D eigenvalue weighted by atomic mass is 10.2. The molecule has 1 aliphatic rings. The summed E-state index contributed by atoms with van der Waals surface area (Å²) < 4.78 is 12.9. The molecule has 1 fully saturated rings. The highest BCUT2D eigenvalue weighted by Gasteiger charge is 2.20. The molecule has 7 heteroatoms. The van der Waals surface area contributed by atoms with E-state index in [4.69, 9.17) is 12.2 Å². The normalized spacial score (nSPS) is 15.0. The third-order valence-corrected chi connectivity index (χ3v) is 4.64. The number of piperazine rings is 1. The van der Waals surface area contributed by atoms with Crippen molar-refractivity contribution in [1.29, 1.82) is 0 Å². The Kier molecular flexibility index (Phi) is 8.08. The molecule has 0 aromatic heterocycles. The summed E-state index contributed by atoms with van der Waals surface area (Å²) >= 11 is 5.44. The van der Waals surface area contributed by atoms with Crippen LogP contribution in [0.15, 0.2) is 24.3 Å². The van der Waals surface area contributed by atoms with Crippen LogP contribution in [0.25, 0.3) is 0 Å². The van der Waals surface area contributed by atoms with E-state index in [1.807, 2.05) is 0 Å². The van der Waals surface area contributed by atoms with Gasteiger partial charge in [-0.25, -0.2) is 4.39 Å². The van der Waals surface area contributed by atoms with Crippen LogP contribution in [-0.4, -0.2) is 60.1 Å². The van der Waals surface area contributed by atoms with Crippen molar-refractivity contribution in [2.24, 2.45) is 0 Å². The summed E-state index contributed by atoms with van der Waals surface area (Å²) in [5.74, 6) is -0.139. The van der Waals surface area contributed by atoms with Crippen LogP contribution in [0.1, 0.15) is 25.3 Å². The summed E-state index contributed by atoms with van der Waals surface area (Å²) in [7, 11) is 0. The zero-order valence-electron chi connectivity index (χ0n) is 14.8. The van der Waals surface area contributed by atoms with Crippen molar-refractivity contribution in [3.05, 3.63) is 35.6 Å². The minimum Gasteiger partial charge on any atom is -0.358 e. The second-order valence-corrected chi connectivity index (χ2v) is 6.64. The van der Waals surface area contributed by atoms with Crippen LogP contribution < -0.4 is 10.6 Å². The fourth-order valence-electron chi connectivity index (χ4n) is 2.66. The molecule has 0 unspecified atom stereocenters. The molecule has 0 aliphatic carbocycles. The highest BCUT2D eigenvalue weighted by Crippen LogP contribution is 2.05. The zero-order valence-corrected chi connectivity index (χ0v) is 15.6. The SMILES string of the molecule is CCCCNC(=O)CN1CCN(C(=S)NCc2ccc(F)cc2)CC1. The van der Waals surface area contributed by atoms with Gasteiger partial charge in [-0.2, -0.15) is 0 Å². The predicted molar refractivity (Wildman–Crippen MR) is 102 cm³/mol. The first-order valence-electron chi connectivity index (χ1n) is 8.84. The maximum absolute atomic E-state index is 12.9. The molecule has 0 atom stereocenters. The van der Waals surface area contributed by atoms with E-state index < -0.39 is 0 Å². The van der Waals surface area contributed by atoms with Crippen LogP contribution in [0.5, 0.6) is 0 Å². The Morgan fingerprint density at radius 1 is 1.16 bits per heavy atom. The molecule has 2 rings (SSSR count). The van der Waals surface area contributed by atoms with Crippen molar-refractivity contribution >= 4 is 23.2 Å². The average molecular weight is 367 g/mol. The lowest BCUT2D eigenvalue weighted by Crippen LogP contribution is -2.53. The first kappa shape index (κ1) is 19.6. The van der Waals surface area contributed by atoms with Gasteiger partial charge in [-0.15, -0.1) is 0 Å². The van der Waals surface area contributed by atoms with Crippen LogP contribution in [0.2, 0.25) is 0 Å². The van der Waals surface area contributed by atoms with Crippen LogP contribution in [0.3, 0.4) is 0 Å². The van der Waals surface area contributed by atoms with Crippen molar-refractivity contribution in [3.8, 4) is 0 Å². The number of hydrogen-bond acceptors (Lipinski definition) is 3. The molecule has 1 heterocycles. The topological polar surface area (TPSA) is 47.6 Å². The van der Waals surface area contributed by atoms with E-state index in [0.29, 0.717) is 18.2 Å². The van der Waals surface area contributed by atoms with Gasteiger partial charge in [0.1, 0.15) is 5.82 Å². The van der Waals surface area contributed by atoms with Crippen molar-refractivity contribution in [3.63, 3.8) is 0 Å². The number of benzene rings is 1. The number of carbonyl (C=O) groups is 1. The monoisotopic (exact) mass is 366 g/mol. The van der Waals surface area contributed by atoms with Gasteiger partial charge in [0.15, 0.2) is 5.11 Å². The van der Waals surface area contributed by atoms with E-state index in [2.05, 4.69) is 27.4 Å². The largest absolute Gasteiger partial charge is 0.358 e. The lowest BCUT2D eigenvalue weighted by molar-refractivity contribution is -0.122. The molecule has 25 heavy (non-hydrogen) atoms. The first-order chi connectivity index (χ1) is 12.1. The molecule has 1 amide bonds. The molecule has 0 saturated carbocycles. The quantitative estimate of drug-likeness (QED) is 0.569. The number of thiocarbonyl (C=S) groups is 1. The summed E-state index contributed by atoms with van der Waals surface area (Å²) in [5, 5.41) is 6.87. The smallest absolute Gasteiger partial charge is 0.234 e. The summed E-state index contributed by atoms with van der Waals surface area (Å²) in [4.78, 5) is 16.1. The number of carbonyl (C=O) groups excluding carboxylic acids is 1. The van der Waals surface area contributed by atoms with E-state index in [9.17, 15) is 9.18 Å². The molecule has 138 valence electrons. The lowest BCUT2D eigenvalue weighted by Gasteiger charge is -2.35. The maximum Gasteiger partial charge on any atom is 0.234 e. The highest BCUT2D eigenvalue weighted by molar-refractivity contribution is 7.80. The Morgan fingerprint density at radius 3 is 2.48 bits per heavy atom. The van der Waals surface area contributed by atoms with Gasteiger partial charge in [0.2, 0.25) is 5.91 Å². The first-order valence-corrected chi connectivity index (χ1v) is 9.25. The van der Waals surface area contributed by atoms with Gasteiger partial charge in [-0.3, -0.25) is 9.69 Å². The summed E-state index contributed by atoms with van der Waals surface area (Å²) in [6.45, 7) is 7.14. The van der Waals surface area contributed by atoms with E-state index in [0.717, 1.165) is 51.1 Å². The van der Waals surface area contributed by atoms with E-state index in [-0.39, 0.29) is 11.7 Å². The number of nitrogens with zero attached hydrogens (tertiary/aromatic N) is 2. The number of halogens is 1. The Hall–Kier alpha value is -1.73. The average Bonchev–Trinajstić information content (AvgIpc) is 2.62. The molecular weight excluding hydrogens is 339 g/mol. The molecule has 1 aromatic rings. The minimum absolute atomic E-state index is 0.0962. The fraction of sp³-hybridized carbons (Fsp3) is 0.556. The second-order valence-electron chi connectivity index (χ2n) is 6.25.